The standard InChI is InChI=1S/C26H36N4O4/c1-6-25(31)28-21-9-10-22-23(12-21)34-17-19(3)30(15-20-8-7-11-27-13-20)14-18(2)24(33-5)16-29(4)26(22)32/h7-13,18-19,24H,6,14-17H2,1-5H3,(H,28,31)/t18-,19-,24+/m1/s1. The maximum absolute atomic E-state index is 13.3. The van der Waals surface area contributed by atoms with Crippen LogP contribution in [0.15, 0.2) is 42.7 Å². The molecule has 0 spiro atoms. The van der Waals surface area contributed by atoms with Gasteiger partial charge in [0.05, 0.1) is 11.7 Å². The molecule has 0 bridgehead atoms. The SMILES string of the molecule is CCC(=O)Nc1ccc2c(c1)OC[C@@H](C)N(Cc1cccnc1)C[C@@H](C)[C@@H](OC)CN(C)C2=O. The number of amides is 2. The van der Waals surface area contributed by atoms with E-state index < -0.39 is 0 Å². The summed E-state index contributed by atoms with van der Waals surface area (Å²) in [6, 6.07) is 9.26. The van der Waals surface area contributed by atoms with Gasteiger partial charge in [-0.15, -0.1) is 0 Å². The van der Waals surface area contributed by atoms with Crippen LogP contribution in [0.2, 0.25) is 0 Å². The lowest BCUT2D eigenvalue weighted by atomic mass is 10.0. The lowest BCUT2D eigenvalue weighted by molar-refractivity contribution is -0.115. The van der Waals surface area contributed by atoms with Crippen LogP contribution in [0.1, 0.15) is 43.1 Å². The monoisotopic (exact) mass is 468 g/mol. The normalized spacial score (nSPS) is 22.2. The molecule has 184 valence electrons. The van der Waals surface area contributed by atoms with Crippen LogP contribution in [0.5, 0.6) is 5.75 Å². The molecule has 1 N–H and O–H groups in total. The van der Waals surface area contributed by atoms with Crippen molar-refractivity contribution in [2.24, 2.45) is 5.92 Å². The maximum Gasteiger partial charge on any atom is 0.257 e. The Morgan fingerprint density at radius 1 is 1.26 bits per heavy atom. The summed E-state index contributed by atoms with van der Waals surface area (Å²) in [7, 11) is 3.47. The van der Waals surface area contributed by atoms with Crippen LogP contribution in [-0.2, 0) is 16.1 Å². The minimum Gasteiger partial charge on any atom is -0.491 e. The molecule has 1 aliphatic heterocycles. The number of aromatic nitrogens is 1. The number of ether oxygens (including phenoxy) is 2. The molecule has 34 heavy (non-hydrogen) atoms. The first-order valence-corrected chi connectivity index (χ1v) is 11.8. The van der Waals surface area contributed by atoms with Gasteiger partial charge >= 0.3 is 0 Å². The summed E-state index contributed by atoms with van der Waals surface area (Å²) in [6.07, 6.45) is 3.90. The van der Waals surface area contributed by atoms with Crippen LogP contribution in [-0.4, -0.2) is 72.6 Å². The first kappa shape index (κ1) is 25.6. The zero-order valence-corrected chi connectivity index (χ0v) is 20.8. The Bertz CT molecular complexity index is 969. The molecule has 1 aliphatic rings. The third-order valence-electron chi connectivity index (χ3n) is 6.29. The van der Waals surface area contributed by atoms with Gasteiger partial charge in [0.2, 0.25) is 5.91 Å². The molecule has 1 aromatic heterocycles. The van der Waals surface area contributed by atoms with Crippen LogP contribution in [0.3, 0.4) is 0 Å². The van der Waals surface area contributed by atoms with Gasteiger partial charge in [0, 0.05) is 70.4 Å². The highest BCUT2D eigenvalue weighted by molar-refractivity contribution is 5.98. The molecule has 0 unspecified atom stereocenters. The van der Waals surface area contributed by atoms with Crippen LogP contribution in [0.25, 0.3) is 0 Å². The molecule has 0 saturated carbocycles. The average molecular weight is 469 g/mol. The van der Waals surface area contributed by atoms with Crippen LogP contribution >= 0.6 is 0 Å². The quantitative estimate of drug-likeness (QED) is 0.724. The Kier molecular flexibility index (Phi) is 9.01. The summed E-state index contributed by atoms with van der Waals surface area (Å²) in [5.41, 5.74) is 2.20. The zero-order valence-electron chi connectivity index (χ0n) is 20.8. The number of anilines is 1. The first-order chi connectivity index (χ1) is 16.3. The summed E-state index contributed by atoms with van der Waals surface area (Å²) >= 11 is 0. The third-order valence-corrected chi connectivity index (χ3v) is 6.29. The summed E-state index contributed by atoms with van der Waals surface area (Å²) < 4.78 is 12.0. The van der Waals surface area contributed by atoms with Crippen molar-refractivity contribution in [1.82, 2.24) is 14.8 Å². The number of pyridine rings is 1. The molecular weight excluding hydrogens is 432 g/mol. The Morgan fingerprint density at radius 2 is 2.06 bits per heavy atom. The predicted octanol–water partition coefficient (Wildman–Crippen LogP) is 3.44. The number of benzene rings is 1. The molecule has 0 aliphatic carbocycles. The minimum absolute atomic E-state index is 0.0640. The van der Waals surface area contributed by atoms with Crippen molar-refractivity contribution in [1.29, 1.82) is 0 Å². The fraction of sp³-hybridized carbons (Fsp3) is 0.500. The van der Waals surface area contributed by atoms with E-state index >= 15 is 0 Å². The fourth-order valence-electron chi connectivity index (χ4n) is 4.12. The molecule has 0 saturated heterocycles. The van der Waals surface area contributed by atoms with Crippen molar-refractivity contribution in [2.45, 2.75) is 45.9 Å². The highest BCUT2D eigenvalue weighted by Crippen LogP contribution is 2.27. The number of fused-ring (bicyclic) bond motifs is 1. The number of hydrogen-bond acceptors (Lipinski definition) is 6. The van der Waals surface area contributed by atoms with Crippen molar-refractivity contribution in [2.75, 3.05) is 39.2 Å². The van der Waals surface area contributed by atoms with E-state index in [4.69, 9.17) is 9.47 Å². The zero-order chi connectivity index (χ0) is 24.7. The van der Waals surface area contributed by atoms with Crippen molar-refractivity contribution in [3.8, 4) is 5.75 Å². The molecule has 8 heteroatoms. The first-order valence-electron chi connectivity index (χ1n) is 11.8. The number of rotatable bonds is 5. The molecule has 0 fully saturated rings. The van der Waals surface area contributed by atoms with E-state index in [2.05, 4.69) is 35.1 Å². The number of nitrogens with zero attached hydrogens (tertiary/aromatic N) is 3. The minimum atomic E-state index is -0.141. The van der Waals surface area contributed by atoms with Gasteiger partial charge in [-0.1, -0.05) is 19.9 Å². The van der Waals surface area contributed by atoms with Crippen LogP contribution < -0.4 is 10.1 Å². The van der Waals surface area contributed by atoms with Gasteiger partial charge in [0.25, 0.3) is 5.91 Å². The van der Waals surface area contributed by atoms with E-state index in [1.54, 1.807) is 50.4 Å². The summed E-state index contributed by atoms with van der Waals surface area (Å²) in [5.74, 6) is 0.411. The largest absolute Gasteiger partial charge is 0.491 e. The van der Waals surface area contributed by atoms with E-state index in [-0.39, 0.29) is 29.9 Å². The van der Waals surface area contributed by atoms with Crippen LogP contribution in [0, 0.1) is 5.92 Å². The lowest BCUT2D eigenvalue weighted by Crippen LogP contribution is -2.46. The second kappa shape index (κ2) is 11.9. The van der Waals surface area contributed by atoms with Gasteiger partial charge in [-0.25, -0.2) is 0 Å². The molecule has 2 amide bonds. The van der Waals surface area contributed by atoms with E-state index in [1.165, 1.54) is 0 Å². The summed E-state index contributed by atoms with van der Waals surface area (Å²) in [4.78, 5) is 33.5. The molecule has 2 aromatic rings. The fourth-order valence-corrected chi connectivity index (χ4v) is 4.12. The van der Waals surface area contributed by atoms with Gasteiger partial charge in [-0.05, 0) is 36.6 Å². The summed E-state index contributed by atoms with van der Waals surface area (Å²) in [5, 5.41) is 2.85. The summed E-state index contributed by atoms with van der Waals surface area (Å²) in [6.45, 7) is 8.42. The van der Waals surface area contributed by atoms with Crippen LogP contribution in [0.4, 0.5) is 5.69 Å². The number of nitrogens with one attached hydrogen (secondary N) is 1. The third kappa shape index (κ3) is 6.55. The van der Waals surface area contributed by atoms with Gasteiger partial charge < -0.3 is 19.7 Å². The number of likely N-dealkylation sites (N-methyl/N-ethyl adjacent to an activating group) is 1. The van der Waals surface area contributed by atoms with E-state index in [1.807, 2.05) is 12.3 Å². The Balaban J connectivity index is 1.94. The molecule has 2 heterocycles. The number of carbonyl (C=O) groups is 2. The molecule has 3 rings (SSSR count). The van der Waals surface area contributed by atoms with Gasteiger partial charge in [0.1, 0.15) is 12.4 Å². The highest BCUT2D eigenvalue weighted by Gasteiger charge is 2.28. The van der Waals surface area contributed by atoms with Crippen molar-refractivity contribution < 1.29 is 19.1 Å². The van der Waals surface area contributed by atoms with E-state index in [0.29, 0.717) is 36.6 Å². The van der Waals surface area contributed by atoms with E-state index in [9.17, 15) is 9.59 Å². The predicted molar refractivity (Wildman–Crippen MR) is 132 cm³/mol. The molecule has 1 aromatic carbocycles. The number of hydrogen-bond donors (Lipinski definition) is 1. The molecular formula is C26H36N4O4. The Hall–Kier alpha value is -2.97. The smallest absolute Gasteiger partial charge is 0.257 e. The average Bonchev–Trinajstić information content (AvgIpc) is 2.84. The second-order valence-electron chi connectivity index (χ2n) is 9.00. The van der Waals surface area contributed by atoms with Crippen molar-refractivity contribution in [3.05, 3.63) is 53.9 Å². The molecule has 8 nitrogen and oxygen atoms in total. The van der Waals surface area contributed by atoms with Gasteiger partial charge in [-0.3, -0.25) is 19.5 Å². The van der Waals surface area contributed by atoms with Gasteiger partial charge in [-0.2, -0.15) is 0 Å². The number of methoxy groups -OCH3 is 1. The van der Waals surface area contributed by atoms with Gasteiger partial charge in [0.15, 0.2) is 0 Å². The molecule has 0 radical (unpaired) electrons. The second-order valence-corrected chi connectivity index (χ2v) is 9.00. The molecule has 3 atom stereocenters. The maximum atomic E-state index is 13.3. The van der Waals surface area contributed by atoms with E-state index in [0.717, 1.165) is 18.7 Å². The number of carbonyl (C=O) groups excluding carboxylic acids is 2. The highest BCUT2D eigenvalue weighted by atomic mass is 16.5. The Labute approximate surface area is 202 Å². The van der Waals surface area contributed by atoms with Crippen molar-refractivity contribution in [3.63, 3.8) is 0 Å². The Morgan fingerprint density at radius 3 is 2.74 bits per heavy atom. The lowest BCUT2D eigenvalue weighted by Gasteiger charge is -2.36. The van der Waals surface area contributed by atoms with Crippen molar-refractivity contribution >= 4 is 17.5 Å². The topological polar surface area (TPSA) is 84.0 Å².